The molecule has 0 spiro atoms. The van der Waals surface area contributed by atoms with Crippen LogP contribution in [0.5, 0.6) is 0 Å². The van der Waals surface area contributed by atoms with E-state index in [4.69, 9.17) is 9.84 Å². The van der Waals surface area contributed by atoms with Gasteiger partial charge in [0.15, 0.2) is 6.10 Å². The molecule has 2 aromatic rings. The van der Waals surface area contributed by atoms with Crippen molar-refractivity contribution in [1.82, 2.24) is 9.78 Å². The molecular weight excluding hydrogens is 232 g/mol. The van der Waals surface area contributed by atoms with E-state index < -0.39 is 12.1 Å². The van der Waals surface area contributed by atoms with Gasteiger partial charge in [0, 0.05) is 6.20 Å². The fourth-order valence-electron chi connectivity index (χ4n) is 1.44. The fraction of sp³-hybridized carbons (Fsp3) is 0.231. The molecule has 2 rings (SSSR count). The average molecular weight is 246 g/mol. The Balaban J connectivity index is 2.01. The van der Waals surface area contributed by atoms with Crippen LogP contribution in [0.3, 0.4) is 0 Å². The van der Waals surface area contributed by atoms with Crippen LogP contribution in [0.4, 0.5) is 0 Å². The summed E-state index contributed by atoms with van der Waals surface area (Å²) in [6.07, 6.45) is 0.992. The first kappa shape index (κ1) is 12.3. The lowest BCUT2D eigenvalue weighted by atomic mass is 10.3. The average Bonchev–Trinajstić information content (AvgIpc) is 2.85. The molecule has 1 heterocycles. The van der Waals surface area contributed by atoms with E-state index in [1.54, 1.807) is 4.68 Å². The summed E-state index contributed by atoms with van der Waals surface area (Å²) in [6, 6.07) is 11.5. The van der Waals surface area contributed by atoms with Gasteiger partial charge in [-0.25, -0.2) is 9.48 Å². The van der Waals surface area contributed by atoms with E-state index in [0.29, 0.717) is 5.69 Å². The first-order valence-corrected chi connectivity index (χ1v) is 5.61. The molecule has 1 aromatic carbocycles. The highest BCUT2D eigenvalue weighted by Gasteiger charge is 2.11. The van der Waals surface area contributed by atoms with Crippen molar-refractivity contribution >= 4 is 5.97 Å². The van der Waals surface area contributed by atoms with Gasteiger partial charge in [0.05, 0.1) is 18.0 Å². The maximum atomic E-state index is 10.6. The number of rotatable bonds is 5. The number of aliphatic carboxylic acids is 1. The Morgan fingerprint density at radius 3 is 2.78 bits per heavy atom. The molecule has 18 heavy (non-hydrogen) atoms. The molecule has 0 radical (unpaired) electrons. The molecule has 0 amide bonds. The van der Waals surface area contributed by atoms with Crippen molar-refractivity contribution in [3.63, 3.8) is 0 Å². The minimum absolute atomic E-state index is 0.188. The van der Waals surface area contributed by atoms with E-state index in [9.17, 15) is 4.79 Å². The first-order chi connectivity index (χ1) is 8.66. The monoisotopic (exact) mass is 246 g/mol. The first-order valence-electron chi connectivity index (χ1n) is 5.61. The number of hydrogen-bond donors (Lipinski definition) is 1. The van der Waals surface area contributed by atoms with Gasteiger partial charge in [-0.3, -0.25) is 0 Å². The Bertz CT molecular complexity index is 522. The molecule has 0 saturated carbocycles. The van der Waals surface area contributed by atoms with Crippen LogP contribution in [0.25, 0.3) is 5.69 Å². The standard InChI is InChI=1S/C13H14N2O3/c1-10(13(16)17)18-9-11-7-8-15(14-11)12-5-3-2-4-6-12/h2-8,10H,9H2,1H3,(H,16,17)/t10-/m0/s1. The lowest BCUT2D eigenvalue weighted by Crippen LogP contribution is -2.19. The van der Waals surface area contributed by atoms with Gasteiger partial charge in [0.2, 0.25) is 0 Å². The van der Waals surface area contributed by atoms with Crippen LogP contribution in [0.15, 0.2) is 42.6 Å². The molecule has 0 aliphatic carbocycles. The summed E-state index contributed by atoms with van der Waals surface area (Å²) >= 11 is 0. The zero-order chi connectivity index (χ0) is 13.0. The van der Waals surface area contributed by atoms with Crippen molar-refractivity contribution in [1.29, 1.82) is 0 Å². The molecule has 0 unspecified atom stereocenters. The summed E-state index contributed by atoms with van der Waals surface area (Å²) in [6.45, 7) is 1.68. The Hall–Kier alpha value is -2.14. The number of ether oxygens (including phenoxy) is 1. The Morgan fingerprint density at radius 1 is 1.39 bits per heavy atom. The van der Waals surface area contributed by atoms with Crippen molar-refractivity contribution in [2.75, 3.05) is 0 Å². The van der Waals surface area contributed by atoms with Crippen LogP contribution in [0.2, 0.25) is 0 Å². The Labute approximate surface area is 105 Å². The second-order valence-corrected chi connectivity index (χ2v) is 3.88. The molecule has 0 aliphatic rings. The highest BCUT2D eigenvalue weighted by Crippen LogP contribution is 2.08. The third-order valence-electron chi connectivity index (χ3n) is 2.49. The van der Waals surface area contributed by atoms with Crippen LogP contribution in [0.1, 0.15) is 12.6 Å². The smallest absolute Gasteiger partial charge is 0.332 e. The molecule has 1 aromatic heterocycles. The van der Waals surface area contributed by atoms with Gasteiger partial charge < -0.3 is 9.84 Å². The maximum Gasteiger partial charge on any atom is 0.332 e. The third-order valence-corrected chi connectivity index (χ3v) is 2.49. The number of hydrogen-bond acceptors (Lipinski definition) is 3. The minimum atomic E-state index is -0.975. The number of nitrogens with zero attached hydrogens (tertiary/aromatic N) is 2. The molecule has 0 bridgehead atoms. The number of carboxylic acid groups (broad SMARTS) is 1. The molecule has 5 heteroatoms. The van der Waals surface area contributed by atoms with Gasteiger partial charge >= 0.3 is 5.97 Å². The largest absolute Gasteiger partial charge is 0.479 e. The molecule has 1 N–H and O–H groups in total. The zero-order valence-electron chi connectivity index (χ0n) is 9.98. The summed E-state index contributed by atoms with van der Waals surface area (Å²) in [5.74, 6) is -0.975. The maximum absolute atomic E-state index is 10.6. The van der Waals surface area contributed by atoms with Gasteiger partial charge in [-0.1, -0.05) is 18.2 Å². The predicted octanol–water partition coefficient (Wildman–Crippen LogP) is 1.86. The van der Waals surface area contributed by atoms with E-state index in [1.165, 1.54) is 6.92 Å². The van der Waals surface area contributed by atoms with E-state index in [0.717, 1.165) is 5.69 Å². The van der Waals surface area contributed by atoms with Crippen LogP contribution >= 0.6 is 0 Å². The zero-order valence-corrected chi connectivity index (χ0v) is 9.98. The summed E-state index contributed by atoms with van der Waals surface area (Å²) in [4.78, 5) is 10.6. The number of carbonyl (C=O) groups is 1. The number of carboxylic acids is 1. The molecular formula is C13H14N2O3. The van der Waals surface area contributed by atoms with Crippen molar-refractivity contribution in [2.24, 2.45) is 0 Å². The van der Waals surface area contributed by atoms with Crippen LogP contribution in [0, 0.1) is 0 Å². The highest BCUT2D eigenvalue weighted by atomic mass is 16.5. The van der Waals surface area contributed by atoms with Crippen LogP contribution < -0.4 is 0 Å². The summed E-state index contributed by atoms with van der Waals surface area (Å²) in [5, 5.41) is 13.0. The van der Waals surface area contributed by atoms with E-state index >= 15 is 0 Å². The minimum Gasteiger partial charge on any atom is -0.479 e. The highest BCUT2D eigenvalue weighted by molar-refractivity contribution is 5.71. The van der Waals surface area contributed by atoms with Crippen molar-refractivity contribution in [3.05, 3.63) is 48.3 Å². The fourth-order valence-corrected chi connectivity index (χ4v) is 1.44. The van der Waals surface area contributed by atoms with Crippen LogP contribution in [-0.4, -0.2) is 27.0 Å². The molecule has 0 saturated heterocycles. The second kappa shape index (κ2) is 5.46. The third kappa shape index (κ3) is 2.95. The lowest BCUT2D eigenvalue weighted by molar-refractivity contribution is -0.149. The van der Waals surface area contributed by atoms with E-state index in [2.05, 4.69) is 5.10 Å². The van der Waals surface area contributed by atoms with Crippen molar-refractivity contribution in [2.45, 2.75) is 19.6 Å². The van der Waals surface area contributed by atoms with Gasteiger partial charge in [0.25, 0.3) is 0 Å². The lowest BCUT2D eigenvalue weighted by Gasteiger charge is -2.06. The molecule has 94 valence electrons. The number of aromatic nitrogens is 2. The van der Waals surface area contributed by atoms with E-state index in [1.807, 2.05) is 42.6 Å². The SMILES string of the molecule is C[C@H](OCc1ccn(-c2ccccc2)n1)C(=O)O. The molecule has 0 fully saturated rings. The molecule has 0 aliphatic heterocycles. The van der Waals surface area contributed by atoms with Gasteiger partial charge in [-0.2, -0.15) is 5.10 Å². The molecule has 1 atom stereocenters. The Morgan fingerprint density at radius 2 is 2.11 bits per heavy atom. The molecule has 5 nitrogen and oxygen atoms in total. The van der Waals surface area contributed by atoms with Gasteiger partial charge in [0.1, 0.15) is 0 Å². The second-order valence-electron chi connectivity index (χ2n) is 3.88. The summed E-state index contributed by atoms with van der Waals surface area (Å²) < 4.78 is 6.89. The van der Waals surface area contributed by atoms with Gasteiger partial charge in [-0.05, 0) is 25.1 Å². The van der Waals surface area contributed by atoms with Crippen molar-refractivity contribution < 1.29 is 14.6 Å². The van der Waals surface area contributed by atoms with Crippen molar-refractivity contribution in [3.8, 4) is 5.69 Å². The number of benzene rings is 1. The predicted molar refractivity (Wildman–Crippen MR) is 65.5 cm³/mol. The quantitative estimate of drug-likeness (QED) is 0.874. The van der Waals surface area contributed by atoms with E-state index in [-0.39, 0.29) is 6.61 Å². The summed E-state index contributed by atoms with van der Waals surface area (Å²) in [5.41, 5.74) is 1.65. The number of para-hydroxylation sites is 1. The van der Waals surface area contributed by atoms with Crippen LogP contribution in [-0.2, 0) is 16.1 Å². The normalized spacial score (nSPS) is 12.3. The summed E-state index contributed by atoms with van der Waals surface area (Å²) in [7, 11) is 0. The Kier molecular flexibility index (Phi) is 3.74. The topological polar surface area (TPSA) is 64.4 Å². The van der Waals surface area contributed by atoms with Gasteiger partial charge in [-0.15, -0.1) is 0 Å².